The van der Waals surface area contributed by atoms with Crippen molar-refractivity contribution >= 4 is 5.69 Å². The summed E-state index contributed by atoms with van der Waals surface area (Å²) in [5, 5.41) is 17.1. The van der Waals surface area contributed by atoms with Crippen LogP contribution in [0, 0.1) is 11.8 Å². The molecule has 7 nitrogen and oxygen atoms in total. The molecule has 5 fully saturated rings. The molecule has 0 amide bonds. The Bertz CT molecular complexity index is 877. The van der Waals surface area contributed by atoms with Crippen LogP contribution in [0.1, 0.15) is 51.4 Å². The molecule has 4 bridgehead atoms. The molecular weight excluding hydrogens is 376 g/mol. The summed E-state index contributed by atoms with van der Waals surface area (Å²) in [5.74, 6) is 2.55. The van der Waals surface area contributed by atoms with Crippen LogP contribution in [-0.4, -0.2) is 52.0 Å². The fraction of sp³-hybridized carbons (Fsp3) is 0.696. The number of nitrogens with zero attached hydrogens (tertiary/aromatic N) is 5. The number of piperidine rings is 1. The maximum absolute atomic E-state index is 5.41. The quantitative estimate of drug-likeness (QED) is 0.820. The van der Waals surface area contributed by atoms with Crippen LogP contribution in [-0.2, 0) is 5.54 Å². The molecule has 7 rings (SSSR count). The molecule has 1 N–H and O–H groups in total. The van der Waals surface area contributed by atoms with E-state index in [0.29, 0.717) is 6.04 Å². The number of anilines is 1. The highest BCUT2D eigenvalue weighted by molar-refractivity contribution is 5.51. The van der Waals surface area contributed by atoms with E-state index in [1.807, 2.05) is 10.9 Å². The van der Waals surface area contributed by atoms with Gasteiger partial charge in [0.25, 0.3) is 0 Å². The number of hydrogen-bond donors (Lipinski definition) is 1. The Morgan fingerprint density at radius 3 is 2.60 bits per heavy atom. The zero-order chi connectivity index (χ0) is 20.2. The highest BCUT2D eigenvalue weighted by Crippen LogP contribution is 2.60. The highest BCUT2D eigenvalue weighted by Gasteiger charge is 2.59. The van der Waals surface area contributed by atoms with Crippen LogP contribution >= 0.6 is 0 Å². The van der Waals surface area contributed by atoms with Gasteiger partial charge in [0.1, 0.15) is 5.75 Å². The molecular formula is C23H32N6O. The number of ether oxygens (including phenoxy) is 1. The van der Waals surface area contributed by atoms with Gasteiger partial charge in [0, 0.05) is 36.4 Å². The zero-order valence-corrected chi connectivity index (χ0v) is 17.8. The van der Waals surface area contributed by atoms with Gasteiger partial charge < -0.3 is 15.0 Å². The van der Waals surface area contributed by atoms with E-state index in [1.165, 1.54) is 57.1 Å². The van der Waals surface area contributed by atoms with Crippen LogP contribution in [0.3, 0.4) is 0 Å². The zero-order valence-electron chi connectivity index (χ0n) is 17.8. The van der Waals surface area contributed by atoms with Gasteiger partial charge in [-0.25, -0.2) is 0 Å². The van der Waals surface area contributed by atoms with Crippen molar-refractivity contribution in [3.05, 3.63) is 30.6 Å². The summed E-state index contributed by atoms with van der Waals surface area (Å²) in [6, 6.07) is 9.06. The number of methoxy groups -OCH3 is 1. The van der Waals surface area contributed by atoms with Crippen LogP contribution in [0.4, 0.5) is 5.69 Å². The molecule has 160 valence electrons. The molecule has 0 spiro atoms. The number of hydrogen-bond acceptors (Lipinski definition) is 6. The Morgan fingerprint density at radius 1 is 1.10 bits per heavy atom. The lowest BCUT2D eigenvalue weighted by Crippen LogP contribution is -2.67. The first kappa shape index (κ1) is 18.6. The largest absolute Gasteiger partial charge is 0.497 e. The Labute approximate surface area is 178 Å². The van der Waals surface area contributed by atoms with Crippen molar-refractivity contribution in [2.24, 2.45) is 11.8 Å². The summed E-state index contributed by atoms with van der Waals surface area (Å²) in [6.07, 6.45) is 11.7. The number of benzene rings is 1. The second-order valence-corrected chi connectivity index (χ2v) is 10.3. The van der Waals surface area contributed by atoms with Crippen molar-refractivity contribution in [3.8, 4) is 5.75 Å². The first-order valence-electron chi connectivity index (χ1n) is 11.6. The molecule has 2 atom stereocenters. The summed E-state index contributed by atoms with van der Waals surface area (Å²) in [7, 11) is 1.74. The second kappa shape index (κ2) is 6.94. The highest BCUT2D eigenvalue weighted by atomic mass is 16.5. The Morgan fingerprint density at radius 2 is 1.90 bits per heavy atom. The molecule has 30 heavy (non-hydrogen) atoms. The van der Waals surface area contributed by atoms with E-state index in [-0.39, 0.29) is 11.1 Å². The van der Waals surface area contributed by atoms with Gasteiger partial charge in [-0.1, -0.05) is 6.07 Å². The average Bonchev–Trinajstić information content (AvgIpc) is 3.29. The van der Waals surface area contributed by atoms with Gasteiger partial charge >= 0.3 is 0 Å². The molecule has 2 unspecified atom stereocenters. The fourth-order valence-corrected chi connectivity index (χ4v) is 7.52. The van der Waals surface area contributed by atoms with Gasteiger partial charge in [-0.3, -0.25) is 0 Å². The van der Waals surface area contributed by atoms with Crippen molar-refractivity contribution in [1.82, 2.24) is 25.5 Å². The van der Waals surface area contributed by atoms with Crippen molar-refractivity contribution in [2.45, 2.75) is 68.5 Å². The lowest BCUT2D eigenvalue weighted by molar-refractivity contribution is -0.0889. The third-order valence-electron chi connectivity index (χ3n) is 8.23. The maximum atomic E-state index is 5.41. The van der Waals surface area contributed by atoms with Crippen molar-refractivity contribution < 1.29 is 4.74 Å². The number of aromatic nitrogens is 4. The average molecular weight is 409 g/mol. The molecule has 4 saturated carbocycles. The van der Waals surface area contributed by atoms with Crippen LogP contribution < -0.4 is 15.0 Å². The number of nitrogens with one attached hydrogen (secondary N) is 1. The molecule has 7 heteroatoms. The minimum Gasteiger partial charge on any atom is -0.497 e. The number of rotatable bonds is 5. The van der Waals surface area contributed by atoms with Crippen LogP contribution in [0.5, 0.6) is 5.75 Å². The van der Waals surface area contributed by atoms with E-state index in [4.69, 9.17) is 4.74 Å². The second-order valence-electron chi connectivity index (χ2n) is 10.3. The first-order chi connectivity index (χ1) is 14.7. The van der Waals surface area contributed by atoms with E-state index < -0.39 is 0 Å². The van der Waals surface area contributed by atoms with E-state index in [2.05, 4.69) is 43.8 Å². The lowest BCUT2D eigenvalue weighted by atomic mass is 9.50. The molecule has 0 radical (unpaired) electrons. The molecule has 1 aromatic carbocycles. The number of tetrazole rings is 1. The normalized spacial score (nSPS) is 35.7. The monoisotopic (exact) mass is 408 g/mol. The minimum absolute atomic E-state index is 0.0921. The van der Waals surface area contributed by atoms with Crippen LogP contribution in [0.25, 0.3) is 0 Å². The van der Waals surface area contributed by atoms with Crippen molar-refractivity contribution in [3.63, 3.8) is 0 Å². The summed E-state index contributed by atoms with van der Waals surface area (Å²) in [4.78, 5) is 4.47. The maximum Gasteiger partial charge on any atom is 0.162 e. The fourth-order valence-electron chi connectivity index (χ4n) is 7.52. The predicted octanol–water partition coefficient (Wildman–Crippen LogP) is 2.99. The third-order valence-corrected chi connectivity index (χ3v) is 8.23. The molecule has 2 aromatic rings. The Kier molecular flexibility index (Phi) is 4.30. The van der Waals surface area contributed by atoms with E-state index in [0.717, 1.165) is 30.7 Å². The smallest absolute Gasteiger partial charge is 0.162 e. The molecule has 5 aliphatic rings. The SMILES string of the molecule is COc1cccc(N2CCC(NC34CC5CC(C3)CC(n3ncnn3)(C5)C4)CC2)c1. The van der Waals surface area contributed by atoms with Gasteiger partial charge in [-0.05, 0) is 80.5 Å². The lowest BCUT2D eigenvalue weighted by Gasteiger charge is -2.62. The summed E-state index contributed by atoms with van der Waals surface area (Å²) >= 11 is 0. The van der Waals surface area contributed by atoms with Gasteiger partial charge in [0.15, 0.2) is 6.33 Å². The summed E-state index contributed by atoms with van der Waals surface area (Å²) in [6.45, 7) is 2.20. The van der Waals surface area contributed by atoms with Crippen LogP contribution in [0.15, 0.2) is 30.6 Å². The predicted molar refractivity (Wildman–Crippen MR) is 115 cm³/mol. The topological polar surface area (TPSA) is 68.1 Å². The van der Waals surface area contributed by atoms with E-state index in [1.54, 1.807) is 13.4 Å². The van der Waals surface area contributed by atoms with Crippen LogP contribution in [0.2, 0.25) is 0 Å². The van der Waals surface area contributed by atoms with Crippen molar-refractivity contribution in [2.75, 3.05) is 25.1 Å². The summed E-state index contributed by atoms with van der Waals surface area (Å²) in [5.41, 5.74) is 1.63. The molecule has 1 aromatic heterocycles. The first-order valence-corrected chi connectivity index (χ1v) is 11.6. The van der Waals surface area contributed by atoms with Gasteiger partial charge in [-0.15, -0.1) is 10.2 Å². The molecule has 1 aliphatic heterocycles. The molecule has 4 aliphatic carbocycles. The Balaban J connectivity index is 1.15. The summed E-state index contributed by atoms with van der Waals surface area (Å²) < 4.78 is 5.41. The van der Waals surface area contributed by atoms with Crippen molar-refractivity contribution in [1.29, 1.82) is 0 Å². The van der Waals surface area contributed by atoms with Gasteiger partial charge in [0.2, 0.25) is 0 Å². The third kappa shape index (κ3) is 3.09. The van der Waals surface area contributed by atoms with E-state index >= 15 is 0 Å². The van der Waals surface area contributed by atoms with E-state index in [9.17, 15) is 0 Å². The van der Waals surface area contributed by atoms with Gasteiger partial charge in [-0.2, -0.15) is 4.80 Å². The standard InChI is InChI=1S/C23H32N6O/c1-30-21-4-2-3-20(10-21)28-7-5-19(6-8-28)26-22-11-17-9-18(12-22)14-23(13-17,15-22)29-25-16-24-27-29/h2-4,10,16-19,26H,5-9,11-15H2,1H3. The molecule has 2 heterocycles. The Hall–Kier alpha value is -2.15. The molecule has 1 saturated heterocycles. The van der Waals surface area contributed by atoms with Gasteiger partial charge in [0.05, 0.1) is 12.6 Å². The minimum atomic E-state index is 0.0921.